The summed E-state index contributed by atoms with van der Waals surface area (Å²) in [5.41, 5.74) is 0. The fraction of sp³-hybridized carbons (Fsp3) is 0.833. The molecule has 2 nitrogen and oxygen atoms in total. The molecule has 0 heterocycles. The second kappa shape index (κ2) is 19.8. The number of aliphatic carboxylic acids is 1. The zero-order chi connectivity index (χ0) is 14.9. The first kappa shape index (κ1) is 23.1. The van der Waals surface area contributed by atoms with Gasteiger partial charge in [0.1, 0.15) is 0 Å². The van der Waals surface area contributed by atoms with E-state index < -0.39 is 5.97 Å². The number of hydrogen-bond acceptors (Lipinski definition) is 1. The van der Waals surface area contributed by atoms with Gasteiger partial charge in [0.2, 0.25) is 0 Å². The molecule has 0 spiro atoms. The van der Waals surface area contributed by atoms with Gasteiger partial charge in [0.05, 0.1) is 0 Å². The van der Waals surface area contributed by atoms with Crippen molar-refractivity contribution in [2.24, 2.45) is 0 Å². The third-order valence-corrected chi connectivity index (χ3v) is 3.65. The van der Waals surface area contributed by atoms with Gasteiger partial charge in [-0.3, -0.25) is 4.79 Å². The van der Waals surface area contributed by atoms with Crippen molar-refractivity contribution >= 4 is 5.97 Å². The van der Waals surface area contributed by atoms with Gasteiger partial charge in [0.25, 0.3) is 0 Å². The average Bonchev–Trinajstić information content (AvgIpc) is 2.43. The number of unbranched alkanes of at least 4 members (excludes halogenated alkanes) is 11. The van der Waals surface area contributed by atoms with Crippen molar-refractivity contribution in [3.63, 3.8) is 0 Å². The normalized spacial score (nSPS) is 10.7. The van der Waals surface area contributed by atoms with E-state index in [2.05, 4.69) is 19.1 Å². The molecule has 1 radical (unpaired) electrons. The van der Waals surface area contributed by atoms with Crippen molar-refractivity contribution in [1.29, 1.82) is 0 Å². The third-order valence-electron chi connectivity index (χ3n) is 3.65. The van der Waals surface area contributed by atoms with Crippen LogP contribution in [0.1, 0.15) is 96.8 Å². The third kappa shape index (κ3) is 22.3. The van der Waals surface area contributed by atoms with E-state index in [0.29, 0.717) is 6.42 Å². The molecular weight excluding hydrogens is 351 g/mol. The summed E-state index contributed by atoms with van der Waals surface area (Å²) in [6, 6.07) is 0. The number of carbonyl (C=O) groups is 1. The van der Waals surface area contributed by atoms with Gasteiger partial charge in [0, 0.05) is 25.9 Å². The molecule has 0 fully saturated rings. The predicted octanol–water partition coefficient (Wildman–Crippen LogP) is 6.11. The summed E-state index contributed by atoms with van der Waals surface area (Å²) >= 11 is 0. The van der Waals surface area contributed by atoms with Gasteiger partial charge in [-0.25, -0.2) is 0 Å². The minimum atomic E-state index is -0.664. The van der Waals surface area contributed by atoms with Crippen LogP contribution in [0.2, 0.25) is 0 Å². The molecule has 0 amide bonds. The molecule has 0 saturated heterocycles. The molecule has 0 saturated carbocycles. The predicted molar refractivity (Wildman–Crippen MR) is 87.1 cm³/mol. The monoisotopic (exact) mass is 385 g/mol. The van der Waals surface area contributed by atoms with Gasteiger partial charge < -0.3 is 5.11 Å². The molecule has 0 aromatic rings. The van der Waals surface area contributed by atoms with Gasteiger partial charge in [-0.05, 0) is 32.1 Å². The Labute approximate surface area is 144 Å². The Morgan fingerprint density at radius 3 is 1.67 bits per heavy atom. The molecule has 21 heavy (non-hydrogen) atoms. The Morgan fingerprint density at radius 2 is 1.19 bits per heavy atom. The molecule has 127 valence electrons. The van der Waals surface area contributed by atoms with Crippen LogP contribution in [0.5, 0.6) is 0 Å². The number of hydrogen-bond donors (Lipinski definition) is 1. The Bertz CT molecular complexity index is 239. The maximum Gasteiger partial charge on any atom is 0.303 e. The summed E-state index contributed by atoms with van der Waals surface area (Å²) in [4.78, 5) is 10.3. The van der Waals surface area contributed by atoms with Crippen molar-refractivity contribution < 1.29 is 29.4 Å². The minimum Gasteiger partial charge on any atom is -0.481 e. The van der Waals surface area contributed by atoms with Crippen LogP contribution in [-0.2, 0) is 24.3 Å². The average molecular weight is 385 g/mol. The Morgan fingerprint density at radius 1 is 0.762 bits per heavy atom. The molecule has 0 aliphatic heterocycles. The van der Waals surface area contributed by atoms with Crippen LogP contribution in [0.25, 0.3) is 0 Å². The van der Waals surface area contributed by atoms with Gasteiger partial charge in [-0.2, -0.15) is 0 Å². The number of carboxylic acids is 1. The van der Waals surface area contributed by atoms with Gasteiger partial charge in [-0.15, -0.1) is 0 Å². The standard InChI is InChI=1S/C18H34O2.Rh/c1-2-3-4-5-6-7-8-9-10-11-12-13-14-15-16-17-18(19)20;/h9-10H,2-8,11-17H2,1H3,(H,19,20);/b10-9-;. The first-order valence-electron chi connectivity index (χ1n) is 8.64. The largest absolute Gasteiger partial charge is 0.481 e. The van der Waals surface area contributed by atoms with Crippen LogP contribution in [0.4, 0.5) is 0 Å². The van der Waals surface area contributed by atoms with Gasteiger partial charge in [-0.1, -0.05) is 70.4 Å². The van der Waals surface area contributed by atoms with E-state index in [1.165, 1.54) is 70.6 Å². The van der Waals surface area contributed by atoms with Crippen molar-refractivity contribution in [1.82, 2.24) is 0 Å². The number of allylic oxidation sites excluding steroid dienone is 2. The molecule has 0 unspecified atom stereocenters. The minimum absolute atomic E-state index is 0. The van der Waals surface area contributed by atoms with Crippen LogP contribution < -0.4 is 0 Å². The Kier molecular flexibility index (Phi) is 21.8. The summed E-state index contributed by atoms with van der Waals surface area (Å²) < 4.78 is 0. The van der Waals surface area contributed by atoms with Crippen LogP contribution in [0.3, 0.4) is 0 Å². The second-order valence-electron chi connectivity index (χ2n) is 5.73. The van der Waals surface area contributed by atoms with Gasteiger partial charge in [0.15, 0.2) is 0 Å². The van der Waals surface area contributed by atoms with E-state index in [0.717, 1.165) is 12.8 Å². The SMILES string of the molecule is CCCCCCCC/C=C\CCCCCCCC(=O)O.[Rh]. The van der Waals surface area contributed by atoms with E-state index in [4.69, 9.17) is 5.11 Å². The Balaban J connectivity index is 0. The molecule has 0 bridgehead atoms. The molecule has 0 atom stereocenters. The van der Waals surface area contributed by atoms with Gasteiger partial charge >= 0.3 is 5.97 Å². The van der Waals surface area contributed by atoms with E-state index >= 15 is 0 Å². The molecular formula is C18H34O2Rh. The Hall–Kier alpha value is -0.167. The van der Waals surface area contributed by atoms with Crippen molar-refractivity contribution in [2.75, 3.05) is 0 Å². The van der Waals surface area contributed by atoms with Crippen LogP contribution in [-0.4, -0.2) is 11.1 Å². The van der Waals surface area contributed by atoms with Crippen molar-refractivity contribution in [3.05, 3.63) is 12.2 Å². The number of rotatable bonds is 15. The fourth-order valence-corrected chi connectivity index (χ4v) is 2.35. The van der Waals surface area contributed by atoms with Crippen LogP contribution >= 0.6 is 0 Å². The smallest absolute Gasteiger partial charge is 0.303 e. The maximum atomic E-state index is 10.3. The zero-order valence-corrected chi connectivity index (χ0v) is 15.4. The number of carboxylic acid groups (broad SMARTS) is 1. The molecule has 0 aliphatic carbocycles. The fourth-order valence-electron chi connectivity index (χ4n) is 2.35. The molecule has 1 N–H and O–H groups in total. The van der Waals surface area contributed by atoms with Crippen LogP contribution in [0.15, 0.2) is 12.2 Å². The summed E-state index contributed by atoms with van der Waals surface area (Å²) in [6.45, 7) is 2.26. The summed E-state index contributed by atoms with van der Waals surface area (Å²) in [5.74, 6) is -0.664. The molecule has 0 aromatic carbocycles. The summed E-state index contributed by atoms with van der Waals surface area (Å²) in [6.07, 6.45) is 21.2. The first-order chi connectivity index (χ1) is 9.77. The quantitative estimate of drug-likeness (QED) is 0.210. The topological polar surface area (TPSA) is 37.3 Å². The summed E-state index contributed by atoms with van der Waals surface area (Å²) in [7, 11) is 0. The van der Waals surface area contributed by atoms with E-state index in [1.807, 2.05) is 0 Å². The van der Waals surface area contributed by atoms with Crippen molar-refractivity contribution in [3.8, 4) is 0 Å². The van der Waals surface area contributed by atoms with E-state index in [9.17, 15) is 4.79 Å². The summed E-state index contributed by atoms with van der Waals surface area (Å²) in [5, 5.41) is 8.51. The first-order valence-corrected chi connectivity index (χ1v) is 8.64. The van der Waals surface area contributed by atoms with Crippen LogP contribution in [0, 0.1) is 0 Å². The van der Waals surface area contributed by atoms with E-state index in [1.54, 1.807) is 0 Å². The molecule has 0 aliphatic rings. The molecule has 0 aromatic heterocycles. The molecule has 0 rings (SSSR count). The zero-order valence-electron chi connectivity index (χ0n) is 13.7. The van der Waals surface area contributed by atoms with Crippen molar-refractivity contribution in [2.45, 2.75) is 96.8 Å². The second-order valence-corrected chi connectivity index (χ2v) is 5.73. The molecule has 3 heteroatoms. The maximum absolute atomic E-state index is 10.3. The van der Waals surface area contributed by atoms with E-state index in [-0.39, 0.29) is 19.5 Å².